The van der Waals surface area contributed by atoms with Crippen LogP contribution in [-0.2, 0) is 12.8 Å². The molecule has 1 heterocycles. The molecule has 35 heavy (non-hydrogen) atoms. The van der Waals surface area contributed by atoms with Crippen molar-refractivity contribution in [2.24, 2.45) is 5.73 Å². The molecule has 2 aliphatic rings. The van der Waals surface area contributed by atoms with Crippen LogP contribution in [0.25, 0.3) is 0 Å². The van der Waals surface area contributed by atoms with Gasteiger partial charge in [0.25, 0.3) is 5.69 Å². The molecule has 2 aliphatic carbocycles. The van der Waals surface area contributed by atoms with Gasteiger partial charge in [0.2, 0.25) is 5.95 Å². The van der Waals surface area contributed by atoms with Crippen LogP contribution in [0.4, 0.5) is 27.9 Å². The van der Waals surface area contributed by atoms with Crippen molar-refractivity contribution >= 4 is 29.2 Å². The van der Waals surface area contributed by atoms with Crippen molar-refractivity contribution < 1.29 is 9.72 Å². The fourth-order valence-electron chi connectivity index (χ4n) is 5.29. The second-order valence-corrected chi connectivity index (χ2v) is 9.94. The summed E-state index contributed by atoms with van der Waals surface area (Å²) in [7, 11) is 4.02. The lowest BCUT2D eigenvalue weighted by Gasteiger charge is -2.36. The molecule has 0 aliphatic heterocycles. The number of benzene rings is 1. The number of carbonyl (C=O) groups is 1. The molecule has 4 rings (SSSR count). The summed E-state index contributed by atoms with van der Waals surface area (Å²) in [4.78, 5) is 36.8. The van der Waals surface area contributed by atoms with Gasteiger partial charge < -0.3 is 16.0 Å². The second kappa shape index (κ2) is 10.1. The number of nitro groups is 1. The van der Waals surface area contributed by atoms with Crippen molar-refractivity contribution in [3.05, 3.63) is 44.6 Å². The summed E-state index contributed by atoms with van der Waals surface area (Å²) in [6.45, 7) is 3.70. The number of aromatic nitrogens is 2. The van der Waals surface area contributed by atoms with E-state index in [2.05, 4.69) is 10.2 Å². The van der Waals surface area contributed by atoms with Gasteiger partial charge in [-0.2, -0.15) is 4.98 Å². The third-order valence-corrected chi connectivity index (χ3v) is 7.26. The lowest BCUT2D eigenvalue weighted by molar-refractivity contribution is -0.384. The summed E-state index contributed by atoms with van der Waals surface area (Å²) >= 11 is 0. The van der Waals surface area contributed by atoms with Crippen LogP contribution in [0.1, 0.15) is 60.9 Å². The van der Waals surface area contributed by atoms with Crippen LogP contribution in [0.2, 0.25) is 0 Å². The highest BCUT2D eigenvalue weighted by atomic mass is 16.6. The Morgan fingerprint density at radius 1 is 1.09 bits per heavy atom. The zero-order valence-corrected chi connectivity index (χ0v) is 21.0. The molecule has 1 saturated carbocycles. The van der Waals surface area contributed by atoms with Gasteiger partial charge in [0.15, 0.2) is 0 Å². The third kappa shape index (κ3) is 5.16. The smallest absolute Gasteiger partial charge is 0.319 e. The Kier molecular flexibility index (Phi) is 7.09. The lowest BCUT2D eigenvalue weighted by atomic mass is 9.89. The molecule has 1 fully saturated rings. The van der Waals surface area contributed by atoms with E-state index in [0.717, 1.165) is 54.7 Å². The zero-order valence-electron chi connectivity index (χ0n) is 21.0. The summed E-state index contributed by atoms with van der Waals surface area (Å²) < 4.78 is 0. The van der Waals surface area contributed by atoms with Crippen LogP contribution in [-0.4, -0.2) is 47.1 Å². The van der Waals surface area contributed by atoms with E-state index in [0.29, 0.717) is 18.8 Å². The minimum absolute atomic E-state index is 0.0918. The van der Waals surface area contributed by atoms with E-state index in [1.54, 1.807) is 6.07 Å². The fourth-order valence-corrected chi connectivity index (χ4v) is 5.29. The Balaban J connectivity index is 1.51. The van der Waals surface area contributed by atoms with Gasteiger partial charge >= 0.3 is 6.03 Å². The van der Waals surface area contributed by atoms with Gasteiger partial charge in [-0.05, 0) is 82.4 Å². The van der Waals surface area contributed by atoms with Gasteiger partial charge in [0, 0.05) is 37.8 Å². The Hall–Kier alpha value is -3.43. The number of primary amides is 1. The average Bonchev–Trinajstić information content (AvgIpc) is 2.81. The number of nitro benzene ring substituents is 1. The Morgan fingerprint density at radius 3 is 2.37 bits per heavy atom. The first-order valence-corrected chi connectivity index (χ1v) is 12.3. The molecule has 2 aromatic rings. The Labute approximate surface area is 206 Å². The van der Waals surface area contributed by atoms with E-state index >= 15 is 0 Å². The monoisotopic (exact) mass is 481 g/mol. The van der Waals surface area contributed by atoms with E-state index in [1.165, 1.54) is 23.0 Å². The van der Waals surface area contributed by atoms with Crippen LogP contribution >= 0.6 is 0 Å². The van der Waals surface area contributed by atoms with E-state index in [9.17, 15) is 14.9 Å². The molecule has 2 amide bonds. The summed E-state index contributed by atoms with van der Waals surface area (Å²) in [5, 5.41) is 15.2. The lowest BCUT2D eigenvalue weighted by Crippen LogP contribution is -2.47. The topological polar surface area (TPSA) is 131 Å². The Morgan fingerprint density at radius 2 is 1.74 bits per heavy atom. The predicted molar refractivity (Wildman–Crippen MR) is 137 cm³/mol. The highest BCUT2D eigenvalue weighted by Crippen LogP contribution is 2.36. The highest BCUT2D eigenvalue weighted by molar-refractivity contribution is 5.94. The standard InChI is InChI=1S/C25H35N7O3/c1-15-13-21(22(32(34)35)14-16(15)2)31(24(26)33)18-11-9-17(10-12-18)27-25-28-20-8-6-5-7-19(20)23(29-25)30(3)4/h13-14,17-18H,5-12H2,1-4H3,(H2,26,33)(H,27,28,29). The molecule has 0 unspecified atom stereocenters. The number of fused-ring (bicyclic) bond motifs is 1. The minimum Gasteiger partial charge on any atom is -0.362 e. The van der Waals surface area contributed by atoms with Crippen molar-refractivity contribution in [2.75, 3.05) is 29.2 Å². The number of anilines is 3. The average molecular weight is 482 g/mol. The first kappa shape index (κ1) is 24.7. The molecule has 10 heteroatoms. The molecule has 0 atom stereocenters. The number of nitrogens with one attached hydrogen (secondary N) is 1. The number of hydrogen-bond donors (Lipinski definition) is 2. The first-order valence-electron chi connectivity index (χ1n) is 12.3. The summed E-state index contributed by atoms with van der Waals surface area (Å²) in [6, 6.07) is 2.51. The number of rotatable bonds is 6. The zero-order chi connectivity index (χ0) is 25.3. The van der Waals surface area contributed by atoms with Gasteiger partial charge in [-0.15, -0.1) is 0 Å². The van der Waals surface area contributed by atoms with E-state index in [4.69, 9.17) is 15.7 Å². The number of aryl methyl sites for hydroxylation is 3. The maximum absolute atomic E-state index is 12.5. The van der Waals surface area contributed by atoms with Crippen molar-refractivity contribution in [3.8, 4) is 0 Å². The second-order valence-electron chi connectivity index (χ2n) is 9.94. The van der Waals surface area contributed by atoms with Crippen LogP contribution in [0, 0.1) is 24.0 Å². The molecular weight excluding hydrogens is 446 g/mol. The molecule has 1 aromatic carbocycles. The maximum atomic E-state index is 12.5. The number of urea groups is 1. The Bertz CT molecular complexity index is 1130. The number of carbonyl (C=O) groups excluding carboxylic acids is 1. The molecule has 0 bridgehead atoms. The van der Waals surface area contributed by atoms with Crippen molar-refractivity contribution in [1.82, 2.24) is 9.97 Å². The van der Waals surface area contributed by atoms with E-state index in [1.807, 2.05) is 27.9 Å². The summed E-state index contributed by atoms with van der Waals surface area (Å²) in [6.07, 6.45) is 7.23. The molecule has 1 aromatic heterocycles. The number of amides is 2. The number of nitrogens with zero attached hydrogens (tertiary/aromatic N) is 5. The van der Waals surface area contributed by atoms with Crippen LogP contribution < -0.4 is 20.9 Å². The molecule has 0 radical (unpaired) electrons. The van der Waals surface area contributed by atoms with E-state index < -0.39 is 11.0 Å². The van der Waals surface area contributed by atoms with Crippen molar-refractivity contribution in [3.63, 3.8) is 0 Å². The SMILES string of the molecule is Cc1cc(N(C(N)=O)C2CCC(Nc3nc4c(c(N(C)C)n3)CCCC4)CC2)c([N+](=O)[O-])cc1C. The van der Waals surface area contributed by atoms with Gasteiger partial charge in [0.05, 0.1) is 10.6 Å². The molecular formula is C25H35N7O3. The number of hydrogen-bond acceptors (Lipinski definition) is 7. The maximum Gasteiger partial charge on any atom is 0.319 e. The fraction of sp³-hybridized carbons (Fsp3) is 0.560. The summed E-state index contributed by atoms with van der Waals surface area (Å²) in [5.74, 6) is 1.63. The largest absolute Gasteiger partial charge is 0.362 e. The van der Waals surface area contributed by atoms with Crippen LogP contribution in [0.5, 0.6) is 0 Å². The minimum atomic E-state index is -0.665. The van der Waals surface area contributed by atoms with Crippen molar-refractivity contribution in [2.45, 2.75) is 77.3 Å². The van der Waals surface area contributed by atoms with Gasteiger partial charge in [0.1, 0.15) is 11.5 Å². The normalized spacial score (nSPS) is 19.5. The summed E-state index contributed by atoms with van der Waals surface area (Å²) in [5.41, 5.74) is 10.0. The molecule has 0 spiro atoms. The highest BCUT2D eigenvalue weighted by Gasteiger charge is 2.33. The molecule has 3 N–H and O–H groups in total. The predicted octanol–water partition coefficient (Wildman–Crippen LogP) is 4.25. The quantitative estimate of drug-likeness (QED) is 0.466. The molecule has 188 valence electrons. The van der Waals surface area contributed by atoms with E-state index in [-0.39, 0.29) is 23.5 Å². The molecule has 10 nitrogen and oxygen atoms in total. The molecule has 0 saturated heterocycles. The van der Waals surface area contributed by atoms with Crippen molar-refractivity contribution in [1.29, 1.82) is 0 Å². The third-order valence-electron chi connectivity index (χ3n) is 7.26. The number of nitrogens with two attached hydrogens (primary N) is 1. The van der Waals surface area contributed by atoms with Gasteiger partial charge in [-0.1, -0.05) is 0 Å². The van der Waals surface area contributed by atoms with Crippen LogP contribution in [0.15, 0.2) is 12.1 Å². The van der Waals surface area contributed by atoms with Crippen LogP contribution in [0.3, 0.4) is 0 Å². The van der Waals surface area contributed by atoms with Gasteiger partial charge in [-0.25, -0.2) is 9.78 Å². The van der Waals surface area contributed by atoms with Gasteiger partial charge in [-0.3, -0.25) is 15.0 Å². The first-order chi connectivity index (χ1) is 16.7.